The molecular weight excluding hydrogens is 216 g/mol. The minimum atomic E-state index is -0.755. The Hall–Kier alpha value is -0.560. The lowest BCUT2D eigenvalue weighted by Crippen LogP contribution is -2.29. The average molecular weight is 238 g/mol. The van der Waals surface area contributed by atoms with Gasteiger partial charge in [0.05, 0.1) is 0 Å². The molecule has 17 heavy (non-hydrogen) atoms. The fraction of sp³-hybridized carbons (Fsp3) is 0.857. The van der Waals surface area contributed by atoms with Gasteiger partial charge in [0.1, 0.15) is 12.2 Å². The molecule has 2 rings (SSSR count). The fourth-order valence-corrected chi connectivity index (χ4v) is 2.44. The molecule has 1 aliphatic carbocycles. The molecule has 0 amide bonds. The first kappa shape index (κ1) is 12.9. The molecule has 1 unspecified atom stereocenters. The number of aliphatic hydroxyl groups is 1. The zero-order chi connectivity index (χ0) is 12.0. The Labute approximate surface area is 103 Å². The van der Waals surface area contributed by atoms with Gasteiger partial charge >= 0.3 is 0 Å². The number of ether oxygens (including phenoxy) is 2. The van der Waals surface area contributed by atoms with Crippen molar-refractivity contribution in [3.63, 3.8) is 0 Å². The van der Waals surface area contributed by atoms with Crippen molar-refractivity contribution < 1.29 is 14.6 Å². The van der Waals surface area contributed by atoms with Crippen LogP contribution in [0.2, 0.25) is 0 Å². The standard InChI is InChI=1S/C14H22O3/c15-14(8-3-1-4-9-14)10-6-12-17-13-7-2-5-11-16-13/h13,15H,1-5,7-9,11-12H2. The highest BCUT2D eigenvalue weighted by molar-refractivity contribution is 5.14. The SMILES string of the molecule is OC1(C#CCOC2CCCCO2)CCCCC1. The first-order valence-electron chi connectivity index (χ1n) is 6.74. The summed E-state index contributed by atoms with van der Waals surface area (Å²) < 4.78 is 11.0. The van der Waals surface area contributed by atoms with Crippen molar-refractivity contribution in [1.82, 2.24) is 0 Å². The quantitative estimate of drug-likeness (QED) is 0.750. The molecule has 0 bridgehead atoms. The third-order valence-corrected chi connectivity index (χ3v) is 3.48. The lowest BCUT2D eigenvalue weighted by molar-refractivity contribution is -0.154. The van der Waals surface area contributed by atoms with Gasteiger partial charge in [-0.05, 0) is 44.9 Å². The van der Waals surface area contributed by atoms with Gasteiger partial charge in [-0.2, -0.15) is 0 Å². The average Bonchev–Trinajstić information content (AvgIpc) is 2.37. The molecule has 2 fully saturated rings. The van der Waals surface area contributed by atoms with Crippen LogP contribution in [0, 0.1) is 11.8 Å². The van der Waals surface area contributed by atoms with Crippen molar-refractivity contribution >= 4 is 0 Å². The van der Waals surface area contributed by atoms with E-state index in [4.69, 9.17) is 9.47 Å². The molecule has 0 radical (unpaired) electrons. The monoisotopic (exact) mass is 238 g/mol. The van der Waals surface area contributed by atoms with E-state index in [0.717, 1.165) is 45.1 Å². The van der Waals surface area contributed by atoms with Gasteiger partial charge in [-0.15, -0.1) is 0 Å². The van der Waals surface area contributed by atoms with Gasteiger partial charge in [-0.1, -0.05) is 18.3 Å². The van der Waals surface area contributed by atoms with Crippen molar-refractivity contribution in [2.24, 2.45) is 0 Å². The van der Waals surface area contributed by atoms with Crippen LogP contribution in [-0.2, 0) is 9.47 Å². The fourth-order valence-electron chi connectivity index (χ4n) is 2.44. The van der Waals surface area contributed by atoms with Gasteiger partial charge in [0.2, 0.25) is 0 Å². The molecule has 1 atom stereocenters. The van der Waals surface area contributed by atoms with Crippen LogP contribution < -0.4 is 0 Å². The summed E-state index contributed by atoms with van der Waals surface area (Å²) in [6.45, 7) is 1.16. The smallest absolute Gasteiger partial charge is 0.158 e. The lowest BCUT2D eigenvalue weighted by atomic mass is 9.85. The first-order chi connectivity index (χ1) is 8.29. The van der Waals surface area contributed by atoms with Gasteiger partial charge in [0, 0.05) is 6.61 Å². The van der Waals surface area contributed by atoms with Crippen molar-refractivity contribution in [3.8, 4) is 11.8 Å². The van der Waals surface area contributed by atoms with Crippen molar-refractivity contribution in [2.75, 3.05) is 13.2 Å². The predicted octanol–water partition coefficient (Wildman–Crippen LogP) is 2.23. The molecule has 0 aromatic rings. The van der Waals surface area contributed by atoms with Gasteiger partial charge < -0.3 is 14.6 Å². The van der Waals surface area contributed by atoms with Crippen LogP contribution >= 0.6 is 0 Å². The normalized spacial score (nSPS) is 28.2. The molecule has 2 aliphatic rings. The molecule has 0 aromatic carbocycles. The predicted molar refractivity (Wildman–Crippen MR) is 65.4 cm³/mol. The molecule has 1 saturated heterocycles. The summed E-state index contributed by atoms with van der Waals surface area (Å²) in [7, 11) is 0. The molecule has 1 saturated carbocycles. The summed E-state index contributed by atoms with van der Waals surface area (Å²) in [5.74, 6) is 5.90. The van der Waals surface area contributed by atoms with Crippen LogP contribution in [0.3, 0.4) is 0 Å². The highest BCUT2D eigenvalue weighted by atomic mass is 16.7. The third-order valence-electron chi connectivity index (χ3n) is 3.48. The van der Waals surface area contributed by atoms with Crippen LogP contribution in [0.15, 0.2) is 0 Å². The van der Waals surface area contributed by atoms with Crippen LogP contribution in [0.1, 0.15) is 51.4 Å². The minimum Gasteiger partial charge on any atom is -0.378 e. The second-order valence-corrected chi connectivity index (χ2v) is 5.00. The Morgan fingerprint density at radius 3 is 2.71 bits per heavy atom. The summed E-state index contributed by atoms with van der Waals surface area (Å²) >= 11 is 0. The zero-order valence-corrected chi connectivity index (χ0v) is 10.4. The summed E-state index contributed by atoms with van der Waals surface area (Å²) in [4.78, 5) is 0. The van der Waals surface area contributed by atoms with Gasteiger partial charge in [-0.3, -0.25) is 0 Å². The molecule has 96 valence electrons. The van der Waals surface area contributed by atoms with Gasteiger partial charge in [-0.25, -0.2) is 0 Å². The van der Waals surface area contributed by atoms with E-state index in [2.05, 4.69) is 11.8 Å². The van der Waals surface area contributed by atoms with E-state index in [9.17, 15) is 5.11 Å². The van der Waals surface area contributed by atoms with Crippen LogP contribution in [0.5, 0.6) is 0 Å². The lowest BCUT2D eigenvalue weighted by Gasteiger charge is -2.26. The van der Waals surface area contributed by atoms with E-state index in [-0.39, 0.29) is 6.29 Å². The second-order valence-electron chi connectivity index (χ2n) is 5.00. The Balaban J connectivity index is 1.69. The molecule has 0 spiro atoms. The minimum absolute atomic E-state index is 0.0842. The van der Waals surface area contributed by atoms with Crippen LogP contribution in [0.4, 0.5) is 0 Å². The molecule has 3 nitrogen and oxygen atoms in total. The van der Waals surface area contributed by atoms with Gasteiger partial charge in [0.15, 0.2) is 6.29 Å². The Kier molecular flexibility index (Phi) is 4.85. The number of hydrogen-bond acceptors (Lipinski definition) is 3. The van der Waals surface area contributed by atoms with Crippen LogP contribution in [0.25, 0.3) is 0 Å². The maximum absolute atomic E-state index is 10.1. The Morgan fingerprint density at radius 2 is 2.00 bits per heavy atom. The third kappa shape index (κ3) is 4.31. The topological polar surface area (TPSA) is 38.7 Å². The summed E-state index contributed by atoms with van der Waals surface area (Å²) in [5, 5.41) is 10.1. The van der Waals surface area contributed by atoms with Crippen molar-refractivity contribution in [3.05, 3.63) is 0 Å². The summed E-state index contributed by atoms with van der Waals surface area (Å²) in [5.41, 5.74) is -0.755. The molecular formula is C14H22O3. The highest BCUT2D eigenvalue weighted by Crippen LogP contribution is 2.27. The Morgan fingerprint density at radius 1 is 1.18 bits per heavy atom. The number of hydrogen-bond donors (Lipinski definition) is 1. The van der Waals surface area contributed by atoms with E-state index < -0.39 is 5.60 Å². The molecule has 0 aromatic heterocycles. The van der Waals surface area contributed by atoms with Crippen molar-refractivity contribution in [2.45, 2.75) is 63.3 Å². The largest absolute Gasteiger partial charge is 0.378 e. The maximum atomic E-state index is 10.1. The van der Waals surface area contributed by atoms with Crippen LogP contribution in [-0.4, -0.2) is 30.2 Å². The van der Waals surface area contributed by atoms with E-state index in [1.54, 1.807) is 0 Å². The maximum Gasteiger partial charge on any atom is 0.158 e. The summed E-state index contributed by atoms with van der Waals surface area (Å²) in [6, 6.07) is 0. The van der Waals surface area contributed by atoms with E-state index in [0.29, 0.717) is 6.61 Å². The summed E-state index contributed by atoms with van der Waals surface area (Å²) in [6.07, 6.45) is 8.17. The molecule has 1 N–H and O–H groups in total. The van der Waals surface area contributed by atoms with Crippen molar-refractivity contribution in [1.29, 1.82) is 0 Å². The van der Waals surface area contributed by atoms with E-state index in [1.807, 2.05) is 0 Å². The molecule has 1 heterocycles. The highest BCUT2D eigenvalue weighted by Gasteiger charge is 2.26. The molecule has 3 heteroatoms. The van der Waals surface area contributed by atoms with Gasteiger partial charge in [0.25, 0.3) is 0 Å². The second kappa shape index (κ2) is 6.39. The number of rotatable bonds is 2. The first-order valence-corrected chi connectivity index (χ1v) is 6.74. The van der Waals surface area contributed by atoms with E-state index >= 15 is 0 Å². The van der Waals surface area contributed by atoms with E-state index in [1.165, 1.54) is 12.8 Å². The molecule has 1 aliphatic heterocycles. The Bertz CT molecular complexity index is 278. The zero-order valence-electron chi connectivity index (χ0n) is 10.4.